The molecule has 1 atom stereocenters. The molecule has 3 heteroatoms. The molecule has 0 spiro atoms. The molecule has 1 aromatic carbocycles. The largest absolute Gasteiger partial charge is 0.388 e. The van der Waals surface area contributed by atoms with Crippen molar-refractivity contribution in [3.8, 4) is 0 Å². The van der Waals surface area contributed by atoms with E-state index in [-0.39, 0.29) is 5.41 Å². The minimum absolute atomic E-state index is 0.133. The van der Waals surface area contributed by atoms with Gasteiger partial charge in [0.2, 0.25) is 0 Å². The molecule has 1 fully saturated rings. The number of hydrogen-bond donors (Lipinski definition) is 2. The van der Waals surface area contributed by atoms with Crippen LogP contribution in [0.25, 0.3) is 10.9 Å². The lowest BCUT2D eigenvalue weighted by molar-refractivity contribution is 0.0334. The molecule has 0 bridgehead atoms. The fraction of sp³-hybridized carbons (Fsp3) is 0.471. The van der Waals surface area contributed by atoms with E-state index in [0.29, 0.717) is 6.54 Å². The second-order valence-corrected chi connectivity index (χ2v) is 6.08. The number of nitrogens with two attached hydrogens (primary N) is 1. The second-order valence-electron chi connectivity index (χ2n) is 6.08. The van der Waals surface area contributed by atoms with Crippen molar-refractivity contribution in [2.45, 2.75) is 38.7 Å². The third kappa shape index (κ3) is 2.21. The molecule has 20 heavy (non-hydrogen) atoms. The first kappa shape index (κ1) is 13.5. The van der Waals surface area contributed by atoms with E-state index < -0.39 is 6.10 Å². The average Bonchev–Trinajstić information content (AvgIpc) is 2.96. The molecule has 0 radical (unpaired) electrons. The van der Waals surface area contributed by atoms with Gasteiger partial charge in [-0.05, 0) is 43.5 Å². The van der Waals surface area contributed by atoms with Gasteiger partial charge >= 0.3 is 0 Å². The van der Waals surface area contributed by atoms with Gasteiger partial charge in [-0.3, -0.25) is 4.98 Å². The molecule has 1 aromatic heterocycles. The predicted octanol–water partition coefficient (Wildman–Crippen LogP) is 3.10. The summed E-state index contributed by atoms with van der Waals surface area (Å²) in [6, 6.07) is 10.1. The Morgan fingerprint density at radius 1 is 1.25 bits per heavy atom. The number of fused-ring (bicyclic) bond motifs is 1. The Kier molecular flexibility index (Phi) is 3.48. The third-order valence-corrected chi connectivity index (χ3v) is 4.75. The number of aromatic nitrogens is 1. The summed E-state index contributed by atoms with van der Waals surface area (Å²) in [5, 5.41) is 11.9. The molecule has 106 valence electrons. The van der Waals surface area contributed by atoms with E-state index in [1.54, 1.807) is 0 Å². The van der Waals surface area contributed by atoms with Gasteiger partial charge in [0.25, 0.3) is 0 Å². The molecule has 3 nitrogen and oxygen atoms in total. The van der Waals surface area contributed by atoms with E-state index in [1.807, 2.05) is 25.1 Å². The summed E-state index contributed by atoms with van der Waals surface area (Å²) in [6.45, 7) is 2.54. The summed E-state index contributed by atoms with van der Waals surface area (Å²) in [5.41, 5.74) is 8.80. The fourth-order valence-corrected chi connectivity index (χ4v) is 3.44. The van der Waals surface area contributed by atoms with Crippen molar-refractivity contribution in [1.82, 2.24) is 4.98 Å². The number of pyridine rings is 1. The van der Waals surface area contributed by atoms with E-state index in [4.69, 9.17) is 5.73 Å². The zero-order valence-electron chi connectivity index (χ0n) is 12.0. The van der Waals surface area contributed by atoms with Crippen LogP contribution in [0.3, 0.4) is 0 Å². The van der Waals surface area contributed by atoms with Crippen LogP contribution in [0.1, 0.15) is 43.0 Å². The maximum Gasteiger partial charge on any atom is 0.0858 e. The zero-order valence-corrected chi connectivity index (χ0v) is 12.0. The highest BCUT2D eigenvalue weighted by molar-refractivity contribution is 5.79. The van der Waals surface area contributed by atoms with Crippen LogP contribution in [-0.4, -0.2) is 16.6 Å². The van der Waals surface area contributed by atoms with Crippen LogP contribution in [0.5, 0.6) is 0 Å². The summed E-state index contributed by atoms with van der Waals surface area (Å²) in [5.74, 6) is 0. The standard InChI is InChI=1S/C17H22N2O/c1-12-4-5-13-10-14(6-7-15(13)19-12)16(20)17(11-18)8-2-3-9-17/h4-7,10,16,20H,2-3,8-9,11,18H2,1H3. The Balaban J connectivity index is 1.99. The molecule has 0 aliphatic heterocycles. The highest BCUT2D eigenvalue weighted by atomic mass is 16.3. The van der Waals surface area contributed by atoms with E-state index >= 15 is 0 Å². The molecule has 1 unspecified atom stereocenters. The molecule has 3 N–H and O–H groups in total. The highest BCUT2D eigenvalue weighted by Crippen LogP contribution is 2.47. The van der Waals surface area contributed by atoms with Gasteiger partial charge < -0.3 is 10.8 Å². The van der Waals surface area contributed by atoms with Crippen molar-refractivity contribution in [2.75, 3.05) is 6.54 Å². The number of benzene rings is 1. The minimum atomic E-state index is -0.472. The van der Waals surface area contributed by atoms with Gasteiger partial charge in [-0.2, -0.15) is 0 Å². The topological polar surface area (TPSA) is 59.1 Å². The van der Waals surface area contributed by atoms with Gasteiger partial charge in [0.15, 0.2) is 0 Å². The molecule has 1 saturated carbocycles. The first-order valence-electron chi connectivity index (χ1n) is 7.40. The van der Waals surface area contributed by atoms with Crippen LogP contribution in [0, 0.1) is 12.3 Å². The SMILES string of the molecule is Cc1ccc2cc(C(O)C3(CN)CCCC3)ccc2n1. The normalized spacial score (nSPS) is 19.4. The predicted molar refractivity (Wildman–Crippen MR) is 81.4 cm³/mol. The van der Waals surface area contributed by atoms with Crippen LogP contribution in [0.4, 0.5) is 0 Å². The van der Waals surface area contributed by atoms with E-state index in [2.05, 4.69) is 17.1 Å². The molecule has 2 aromatic rings. The monoisotopic (exact) mass is 270 g/mol. The summed E-state index contributed by atoms with van der Waals surface area (Å²) < 4.78 is 0. The van der Waals surface area contributed by atoms with Crippen molar-refractivity contribution in [1.29, 1.82) is 0 Å². The molecule has 0 saturated heterocycles. The fourth-order valence-electron chi connectivity index (χ4n) is 3.44. The third-order valence-electron chi connectivity index (χ3n) is 4.75. The number of aliphatic hydroxyl groups is 1. The van der Waals surface area contributed by atoms with Crippen LogP contribution in [-0.2, 0) is 0 Å². The highest BCUT2D eigenvalue weighted by Gasteiger charge is 2.40. The number of aryl methyl sites for hydroxylation is 1. The van der Waals surface area contributed by atoms with E-state index in [1.165, 1.54) is 12.8 Å². The Labute approximate surface area is 119 Å². The van der Waals surface area contributed by atoms with Crippen molar-refractivity contribution >= 4 is 10.9 Å². The first-order valence-corrected chi connectivity index (χ1v) is 7.40. The maximum atomic E-state index is 10.8. The number of aliphatic hydroxyl groups excluding tert-OH is 1. The Hall–Kier alpha value is -1.45. The van der Waals surface area contributed by atoms with E-state index in [0.717, 1.165) is 35.0 Å². The van der Waals surface area contributed by atoms with E-state index in [9.17, 15) is 5.11 Å². The summed E-state index contributed by atoms with van der Waals surface area (Å²) in [7, 11) is 0. The molecule has 1 aliphatic rings. The van der Waals surface area contributed by atoms with Crippen LogP contribution < -0.4 is 5.73 Å². The molecular formula is C17H22N2O. The number of hydrogen-bond acceptors (Lipinski definition) is 3. The van der Waals surface area contributed by atoms with Crippen molar-refractivity contribution < 1.29 is 5.11 Å². The first-order chi connectivity index (χ1) is 9.64. The van der Waals surface area contributed by atoms with Crippen LogP contribution >= 0.6 is 0 Å². The van der Waals surface area contributed by atoms with Crippen molar-refractivity contribution in [3.05, 3.63) is 41.6 Å². The second kappa shape index (κ2) is 5.15. The van der Waals surface area contributed by atoms with Gasteiger partial charge in [0.1, 0.15) is 0 Å². The summed E-state index contributed by atoms with van der Waals surface area (Å²) in [4.78, 5) is 4.50. The van der Waals surface area contributed by atoms with Crippen LogP contribution in [0.2, 0.25) is 0 Å². The molecule has 1 heterocycles. The molecular weight excluding hydrogens is 248 g/mol. The Morgan fingerprint density at radius 2 is 2.00 bits per heavy atom. The quantitative estimate of drug-likeness (QED) is 0.901. The number of nitrogens with zero attached hydrogens (tertiary/aromatic N) is 1. The smallest absolute Gasteiger partial charge is 0.0858 e. The zero-order chi connectivity index (χ0) is 14.2. The van der Waals surface area contributed by atoms with Gasteiger partial charge in [-0.1, -0.05) is 25.0 Å². The molecule has 0 amide bonds. The molecule has 1 aliphatic carbocycles. The van der Waals surface area contributed by atoms with Crippen molar-refractivity contribution in [2.24, 2.45) is 11.1 Å². The van der Waals surface area contributed by atoms with Gasteiger partial charge in [-0.15, -0.1) is 0 Å². The average molecular weight is 270 g/mol. The lowest BCUT2D eigenvalue weighted by Crippen LogP contribution is -2.34. The Bertz CT molecular complexity index is 617. The lowest BCUT2D eigenvalue weighted by Gasteiger charge is -2.33. The van der Waals surface area contributed by atoms with Crippen LogP contribution in [0.15, 0.2) is 30.3 Å². The number of rotatable bonds is 3. The summed E-state index contributed by atoms with van der Waals surface area (Å²) in [6.07, 6.45) is 3.91. The lowest BCUT2D eigenvalue weighted by atomic mass is 9.77. The van der Waals surface area contributed by atoms with Gasteiger partial charge in [-0.25, -0.2) is 0 Å². The Morgan fingerprint density at radius 3 is 2.70 bits per heavy atom. The minimum Gasteiger partial charge on any atom is -0.388 e. The maximum absolute atomic E-state index is 10.8. The molecule has 3 rings (SSSR count). The summed E-state index contributed by atoms with van der Waals surface area (Å²) >= 11 is 0. The van der Waals surface area contributed by atoms with Gasteiger partial charge in [0.05, 0.1) is 11.6 Å². The van der Waals surface area contributed by atoms with Crippen molar-refractivity contribution in [3.63, 3.8) is 0 Å². The van der Waals surface area contributed by atoms with Gasteiger partial charge in [0, 0.05) is 23.0 Å².